The predicted molar refractivity (Wildman–Crippen MR) is 67.1 cm³/mol. The molecule has 0 bridgehead atoms. The Balaban J connectivity index is 2.87. The smallest absolute Gasteiger partial charge is 0.255 e. The zero-order chi connectivity index (χ0) is 13.1. The van der Waals surface area contributed by atoms with Crippen molar-refractivity contribution in [1.29, 1.82) is 0 Å². The van der Waals surface area contributed by atoms with Crippen LogP contribution in [0.25, 0.3) is 0 Å². The molecule has 0 fully saturated rings. The Kier molecular flexibility index (Phi) is 4.12. The molecule has 0 saturated heterocycles. The molecule has 0 aliphatic heterocycles. The van der Waals surface area contributed by atoms with Crippen LogP contribution in [0.1, 0.15) is 27.7 Å². The number of ether oxygens (including phenoxy) is 1. The van der Waals surface area contributed by atoms with Gasteiger partial charge in [0, 0.05) is 0 Å². The highest BCUT2D eigenvalue weighted by molar-refractivity contribution is 5.97. The molecule has 0 aliphatic rings. The van der Waals surface area contributed by atoms with Gasteiger partial charge < -0.3 is 15.2 Å². The summed E-state index contributed by atoms with van der Waals surface area (Å²) in [5.74, 6) is 0.136. The van der Waals surface area contributed by atoms with E-state index < -0.39 is 11.5 Å². The van der Waals surface area contributed by atoms with Gasteiger partial charge in [-0.15, -0.1) is 0 Å². The molecule has 1 amide bonds. The fourth-order valence-corrected chi connectivity index (χ4v) is 1.20. The van der Waals surface area contributed by atoms with E-state index in [4.69, 9.17) is 4.74 Å². The van der Waals surface area contributed by atoms with E-state index in [2.05, 4.69) is 5.32 Å². The third-order valence-electron chi connectivity index (χ3n) is 2.05. The average Bonchev–Trinajstić information content (AvgIpc) is 2.18. The van der Waals surface area contributed by atoms with Gasteiger partial charge in [-0.05, 0) is 39.8 Å². The Bertz CT molecular complexity index is 394. The SMILES string of the molecule is CC(C)Oc1ccccc1NC(=O)C(C)(C)O. The Morgan fingerprint density at radius 1 is 1.35 bits per heavy atom. The molecule has 0 spiro atoms. The van der Waals surface area contributed by atoms with Gasteiger partial charge in [-0.3, -0.25) is 4.79 Å². The minimum absolute atomic E-state index is 0.0233. The molecule has 94 valence electrons. The van der Waals surface area contributed by atoms with Crippen LogP contribution >= 0.6 is 0 Å². The lowest BCUT2D eigenvalue weighted by Crippen LogP contribution is -2.36. The van der Waals surface area contributed by atoms with Gasteiger partial charge in [-0.1, -0.05) is 12.1 Å². The number of nitrogens with one attached hydrogen (secondary N) is 1. The van der Waals surface area contributed by atoms with Gasteiger partial charge in [0.2, 0.25) is 0 Å². The van der Waals surface area contributed by atoms with Gasteiger partial charge in [0.15, 0.2) is 0 Å². The second-order valence-electron chi connectivity index (χ2n) is 4.68. The third kappa shape index (κ3) is 4.07. The number of anilines is 1. The van der Waals surface area contributed by atoms with Crippen molar-refractivity contribution in [2.24, 2.45) is 0 Å². The molecule has 1 aromatic rings. The number of para-hydroxylation sites is 2. The summed E-state index contributed by atoms with van der Waals surface area (Å²) >= 11 is 0. The van der Waals surface area contributed by atoms with Gasteiger partial charge in [-0.2, -0.15) is 0 Å². The molecule has 0 heterocycles. The van der Waals surface area contributed by atoms with E-state index >= 15 is 0 Å². The molecule has 4 nitrogen and oxygen atoms in total. The first-order valence-electron chi connectivity index (χ1n) is 5.60. The van der Waals surface area contributed by atoms with E-state index in [9.17, 15) is 9.90 Å². The third-order valence-corrected chi connectivity index (χ3v) is 2.05. The van der Waals surface area contributed by atoms with E-state index in [0.717, 1.165) is 0 Å². The summed E-state index contributed by atoms with van der Waals surface area (Å²) < 4.78 is 5.56. The maximum absolute atomic E-state index is 11.7. The van der Waals surface area contributed by atoms with Crippen molar-refractivity contribution in [3.05, 3.63) is 24.3 Å². The molecule has 0 atom stereocenters. The van der Waals surface area contributed by atoms with E-state index in [-0.39, 0.29) is 6.10 Å². The minimum atomic E-state index is -1.41. The highest BCUT2D eigenvalue weighted by Crippen LogP contribution is 2.25. The lowest BCUT2D eigenvalue weighted by atomic mass is 10.1. The van der Waals surface area contributed by atoms with Crippen LogP contribution in [0.3, 0.4) is 0 Å². The van der Waals surface area contributed by atoms with Crippen LogP contribution in [0.15, 0.2) is 24.3 Å². The van der Waals surface area contributed by atoms with E-state index in [1.54, 1.807) is 18.2 Å². The first-order chi connectivity index (χ1) is 7.80. The van der Waals surface area contributed by atoms with Crippen LogP contribution in [0.2, 0.25) is 0 Å². The summed E-state index contributed by atoms with van der Waals surface area (Å²) in [7, 11) is 0. The largest absolute Gasteiger partial charge is 0.489 e. The summed E-state index contributed by atoms with van der Waals surface area (Å²) in [6.07, 6.45) is 0.0233. The number of rotatable bonds is 4. The van der Waals surface area contributed by atoms with Gasteiger partial charge in [-0.25, -0.2) is 0 Å². The summed E-state index contributed by atoms with van der Waals surface area (Å²) in [5, 5.41) is 12.2. The Hall–Kier alpha value is -1.55. The van der Waals surface area contributed by atoms with Crippen molar-refractivity contribution in [2.75, 3.05) is 5.32 Å². The van der Waals surface area contributed by atoms with Crippen molar-refractivity contribution in [2.45, 2.75) is 39.4 Å². The average molecular weight is 237 g/mol. The molecule has 1 rings (SSSR count). The van der Waals surface area contributed by atoms with Crippen molar-refractivity contribution in [3.63, 3.8) is 0 Å². The van der Waals surface area contributed by atoms with Gasteiger partial charge in [0.1, 0.15) is 11.4 Å². The first kappa shape index (κ1) is 13.5. The quantitative estimate of drug-likeness (QED) is 0.843. The topological polar surface area (TPSA) is 58.6 Å². The standard InChI is InChI=1S/C13H19NO3/c1-9(2)17-11-8-6-5-7-10(11)14-12(15)13(3,4)16/h5-9,16H,1-4H3,(H,14,15). The predicted octanol–water partition coefficient (Wildman–Crippen LogP) is 2.18. The molecule has 0 unspecified atom stereocenters. The maximum atomic E-state index is 11.7. The van der Waals surface area contributed by atoms with Gasteiger partial charge >= 0.3 is 0 Å². The second kappa shape index (κ2) is 5.19. The fourth-order valence-electron chi connectivity index (χ4n) is 1.20. The zero-order valence-corrected chi connectivity index (χ0v) is 10.7. The van der Waals surface area contributed by atoms with E-state index in [0.29, 0.717) is 11.4 Å². The van der Waals surface area contributed by atoms with Crippen molar-refractivity contribution in [1.82, 2.24) is 0 Å². The van der Waals surface area contributed by atoms with Crippen LogP contribution in [-0.4, -0.2) is 22.7 Å². The number of carbonyl (C=O) groups excluding carboxylic acids is 1. The van der Waals surface area contributed by atoms with E-state index in [1.807, 2.05) is 19.9 Å². The molecule has 2 N–H and O–H groups in total. The van der Waals surface area contributed by atoms with Crippen LogP contribution in [0.5, 0.6) is 5.75 Å². The Morgan fingerprint density at radius 3 is 2.47 bits per heavy atom. The van der Waals surface area contributed by atoms with Crippen LogP contribution < -0.4 is 10.1 Å². The number of hydrogen-bond donors (Lipinski definition) is 2. The minimum Gasteiger partial charge on any atom is -0.489 e. The van der Waals surface area contributed by atoms with Crippen molar-refractivity contribution in [3.8, 4) is 5.75 Å². The molecule has 1 aromatic carbocycles. The number of carbonyl (C=O) groups is 1. The number of benzene rings is 1. The highest BCUT2D eigenvalue weighted by atomic mass is 16.5. The lowest BCUT2D eigenvalue weighted by molar-refractivity contribution is -0.130. The van der Waals surface area contributed by atoms with Crippen molar-refractivity contribution >= 4 is 11.6 Å². The Labute approximate surface area is 102 Å². The van der Waals surface area contributed by atoms with Crippen LogP contribution in [-0.2, 0) is 4.79 Å². The van der Waals surface area contributed by atoms with E-state index in [1.165, 1.54) is 13.8 Å². The summed E-state index contributed by atoms with van der Waals surface area (Å²) in [6, 6.07) is 7.14. The molecule has 17 heavy (non-hydrogen) atoms. The van der Waals surface area contributed by atoms with Gasteiger partial charge in [0.05, 0.1) is 11.8 Å². The second-order valence-corrected chi connectivity index (χ2v) is 4.68. The normalized spacial score (nSPS) is 11.4. The fraction of sp³-hybridized carbons (Fsp3) is 0.462. The summed E-state index contributed by atoms with van der Waals surface area (Å²) in [6.45, 7) is 6.70. The van der Waals surface area contributed by atoms with Crippen molar-refractivity contribution < 1.29 is 14.6 Å². The maximum Gasteiger partial charge on any atom is 0.255 e. The molecule has 4 heteroatoms. The van der Waals surface area contributed by atoms with Crippen LogP contribution in [0, 0.1) is 0 Å². The number of hydrogen-bond acceptors (Lipinski definition) is 3. The van der Waals surface area contributed by atoms with Gasteiger partial charge in [0.25, 0.3) is 5.91 Å². The molecule has 0 radical (unpaired) electrons. The van der Waals surface area contributed by atoms with Crippen LogP contribution in [0.4, 0.5) is 5.69 Å². The highest BCUT2D eigenvalue weighted by Gasteiger charge is 2.24. The monoisotopic (exact) mass is 237 g/mol. The molecule has 0 saturated carbocycles. The summed E-state index contributed by atoms with van der Waals surface area (Å²) in [4.78, 5) is 11.7. The molecule has 0 aromatic heterocycles. The number of amides is 1. The number of aliphatic hydroxyl groups is 1. The first-order valence-corrected chi connectivity index (χ1v) is 5.60. The molecule has 0 aliphatic carbocycles. The summed E-state index contributed by atoms with van der Waals surface area (Å²) in [5.41, 5.74) is -0.848. The molecular formula is C13H19NO3. The Morgan fingerprint density at radius 2 is 1.94 bits per heavy atom. The molecular weight excluding hydrogens is 218 g/mol. The zero-order valence-electron chi connectivity index (χ0n) is 10.7. The lowest BCUT2D eigenvalue weighted by Gasteiger charge is -2.19.